The van der Waals surface area contributed by atoms with Crippen molar-refractivity contribution in [1.82, 2.24) is 0 Å². The molecule has 2 heteroatoms. The van der Waals surface area contributed by atoms with Crippen molar-refractivity contribution in [2.24, 2.45) is 0 Å². The molecule has 0 saturated heterocycles. The molecule has 2 aromatic rings. The lowest BCUT2D eigenvalue weighted by Crippen LogP contribution is -2.04. The third kappa shape index (κ3) is 1.22. The second-order valence-corrected chi connectivity index (χ2v) is 5.28. The highest BCUT2D eigenvalue weighted by atomic mass is 16.5. The number of hydrogen-bond donors (Lipinski definition) is 0. The average Bonchev–Trinajstić information content (AvgIpc) is 3.06. The fraction of sp³-hybridized carbons (Fsp3) is 0.111. The van der Waals surface area contributed by atoms with E-state index in [0.29, 0.717) is 0 Å². The van der Waals surface area contributed by atoms with Crippen molar-refractivity contribution in [2.75, 3.05) is 0 Å². The highest BCUT2D eigenvalue weighted by molar-refractivity contribution is 6.02. The van der Waals surface area contributed by atoms with Crippen LogP contribution in [0.15, 0.2) is 60.7 Å². The van der Waals surface area contributed by atoms with Crippen LogP contribution in [0.25, 0.3) is 11.1 Å². The fourth-order valence-corrected chi connectivity index (χ4v) is 3.36. The maximum absolute atomic E-state index is 6.14. The number of para-hydroxylation sites is 2. The SMILES string of the molecule is C1=CC2OC1C1=C2c2ccccc2Oc2ccccc21. The molecule has 0 amide bonds. The molecule has 0 spiro atoms. The van der Waals surface area contributed by atoms with Gasteiger partial charge in [-0.3, -0.25) is 0 Å². The van der Waals surface area contributed by atoms with Crippen molar-refractivity contribution in [3.05, 3.63) is 71.8 Å². The quantitative estimate of drug-likeness (QED) is 0.665. The van der Waals surface area contributed by atoms with E-state index in [9.17, 15) is 0 Å². The molecule has 0 saturated carbocycles. The highest BCUT2D eigenvalue weighted by Crippen LogP contribution is 2.51. The Morgan fingerprint density at radius 3 is 1.70 bits per heavy atom. The Morgan fingerprint density at radius 1 is 0.650 bits per heavy atom. The molecule has 20 heavy (non-hydrogen) atoms. The minimum atomic E-state index is 0.0610. The van der Waals surface area contributed by atoms with Crippen LogP contribution in [-0.4, -0.2) is 12.2 Å². The zero-order chi connectivity index (χ0) is 13.1. The summed E-state index contributed by atoms with van der Waals surface area (Å²) < 4.78 is 12.2. The van der Waals surface area contributed by atoms with Gasteiger partial charge in [-0.05, 0) is 12.1 Å². The first-order valence-electron chi connectivity index (χ1n) is 6.86. The second kappa shape index (κ2) is 3.62. The first-order valence-corrected chi connectivity index (χ1v) is 6.86. The molecule has 96 valence electrons. The fourth-order valence-electron chi connectivity index (χ4n) is 3.36. The minimum Gasteiger partial charge on any atom is -0.456 e. The van der Waals surface area contributed by atoms with Gasteiger partial charge in [-0.2, -0.15) is 0 Å². The van der Waals surface area contributed by atoms with Gasteiger partial charge < -0.3 is 9.47 Å². The molecule has 2 aromatic carbocycles. The van der Waals surface area contributed by atoms with Crippen molar-refractivity contribution in [2.45, 2.75) is 12.2 Å². The predicted molar refractivity (Wildman–Crippen MR) is 77.6 cm³/mol. The largest absolute Gasteiger partial charge is 0.456 e. The van der Waals surface area contributed by atoms with Gasteiger partial charge >= 0.3 is 0 Å². The van der Waals surface area contributed by atoms with E-state index < -0.39 is 0 Å². The van der Waals surface area contributed by atoms with Gasteiger partial charge in [0, 0.05) is 22.3 Å². The molecule has 5 rings (SSSR count). The zero-order valence-corrected chi connectivity index (χ0v) is 10.7. The van der Waals surface area contributed by atoms with Crippen molar-refractivity contribution < 1.29 is 9.47 Å². The van der Waals surface area contributed by atoms with Crippen LogP contribution < -0.4 is 4.74 Å². The lowest BCUT2D eigenvalue weighted by Gasteiger charge is -2.12. The van der Waals surface area contributed by atoms with Gasteiger partial charge in [0.2, 0.25) is 0 Å². The number of benzene rings is 2. The van der Waals surface area contributed by atoms with Gasteiger partial charge in [0.15, 0.2) is 0 Å². The van der Waals surface area contributed by atoms with Crippen LogP contribution in [0.1, 0.15) is 11.1 Å². The molecule has 0 aliphatic carbocycles. The number of hydrogen-bond acceptors (Lipinski definition) is 2. The summed E-state index contributed by atoms with van der Waals surface area (Å²) in [6, 6.07) is 16.4. The Labute approximate surface area is 117 Å². The summed E-state index contributed by atoms with van der Waals surface area (Å²) in [7, 11) is 0. The Kier molecular flexibility index (Phi) is 1.89. The van der Waals surface area contributed by atoms with Crippen LogP contribution in [-0.2, 0) is 4.74 Å². The lowest BCUT2D eigenvalue weighted by molar-refractivity contribution is 0.143. The molecule has 2 unspecified atom stereocenters. The topological polar surface area (TPSA) is 18.5 Å². The van der Waals surface area contributed by atoms with E-state index in [2.05, 4.69) is 36.4 Å². The Balaban J connectivity index is 1.88. The molecule has 2 atom stereocenters. The standard InChI is InChI=1S/C18H12O2/c1-3-7-13-11(5-1)17-15-9-10-16(20-15)18(17)12-6-2-4-8-14(12)19-13/h1-10,15-16H. The second-order valence-electron chi connectivity index (χ2n) is 5.28. The van der Waals surface area contributed by atoms with Gasteiger partial charge in [0.1, 0.15) is 23.7 Å². The van der Waals surface area contributed by atoms with Gasteiger partial charge in [0.05, 0.1) is 0 Å². The third-order valence-corrected chi connectivity index (χ3v) is 4.19. The summed E-state index contributed by atoms with van der Waals surface area (Å²) in [5.74, 6) is 1.82. The Bertz CT molecular complexity index is 722. The zero-order valence-electron chi connectivity index (χ0n) is 10.7. The van der Waals surface area contributed by atoms with Crippen LogP contribution >= 0.6 is 0 Å². The van der Waals surface area contributed by atoms with Crippen molar-refractivity contribution in [1.29, 1.82) is 0 Å². The molecule has 0 N–H and O–H groups in total. The maximum atomic E-state index is 6.14. The summed E-state index contributed by atoms with van der Waals surface area (Å²) in [4.78, 5) is 0. The van der Waals surface area contributed by atoms with E-state index in [1.807, 2.05) is 24.3 Å². The van der Waals surface area contributed by atoms with Gasteiger partial charge in [-0.15, -0.1) is 0 Å². The van der Waals surface area contributed by atoms with E-state index in [1.165, 1.54) is 11.1 Å². The molecule has 3 aliphatic heterocycles. The van der Waals surface area contributed by atoms with Gasteiger partial charge in [-0.1, -0.05) is 48.6 Å². The van der Waals surface area contributed by atoms with Crippen LogP contribution in [0, 0.1) is 0 Å². The van der Waals surface area contributed by atoms with Crippen LogP contribution in [0.2, 0.25) is 0 Å². The number of fused-ring (bicyclic) bond motifs is 8. The average molecular weight is 260 g/mol. The smallest absolute Gasteiger partial charge is 0.135 e. The van der Waals surface area contributed by atoms with Crippen molar-refractivity contribution >= 4 is 11.1 Å². The van der Waals surface area contributed by atoms with E-state index in [4.69, 9.17) is 9.47 Å². The predicted octanol–water partition coefficient (Wildman–Crippen LogP) is 4.04. The first kappa shape index (κ1) is 10.5. The molecular formula is C18H12O2. The first-order chi connectivity index (χ1) is 9.92. The summed E-state index contributed by atoms with van der Waals surface area (Å²) in [5, 5.41) is 0. The van der Waals surface area contributed by atoms with E-state index in [0.717, 1.165) is 22.6 Å². The molecule has 2 bridgehead atoms. The van der Waals surface area contributed by atoms with Crippen LogP contribution in [0.4, 0.5) is 0 Å². The summed E-state index contributed by atoms with van der Waals surface area (Å²) in [6.45, 7) is 0. The summed E-state index contributed by atoms with van der Waals surface area (Å²) >= 11 is 0. The maximum Gasteiger partial charge on any atom is 0.135 e. The highest BCUT2D eigenvalue weighted by Gasteiger charge is 2.40. The molecule has 0 radical (unpaired) electrons. The molecule has 2 nitrogen and oxygen atoms in total. The molecule has 3 aliphatic rings. The van der Waals surface area contributed by atoms with Crippen molar-refractivity contribution in [3.63, 3.8) is 0 Å². The van der Waals surface area contributed by atoms with E-state index in [-0.39, 0.29) is 12.2 Å². The Hall–Kier alpha value is -2.32. The van der Waals surface area contributed by atoms with Crippen LogP contribution in [0.5, 0.6) is 11.5 Å². The van der Waals surface area contributed by atoms with Crippen LogP contribution in [0.3, 0.4) is 0 Å². The normalized spacial score (nSPS) is 24.8. The van der Waals surface area contributed by atoms with Gasteiger partial charge in [-0.25, -0.2) is 0 Å². The molecular weight excluding hydrogens is 248 g/mol. The Morgan fingerprint density at radius 2 is 1.15 bits per heavy atom. The van der Waals surface area contributed by atoms with Gasteiger partial charge in [0.25, 0.3) is 0 Å². The number of rotatable bonds is 0. The molecule has 0 aromatic heterocycles. The lowest BCUT2D eigenvalue weighted by atomic mass is 9.87. The monoisotopic (exact) mass is 260 g/mol. The van der Waals surface area contributed by atoms with Crippen molar-refractivity contribution in [3.8, 4) is 11.5 Å². The molecule has 0 fully saturated rings. The third-order valence-electron chi connectivity index (χ3n) is 4.19. The summed E-state index contributed by atoms with van der Waals surface area (Å²) in [6.07, 6.45) is 4.42. The molecule has 3 heterocycles. The summed E-state index contributed by atoms with van der Waals surface area (Å²) in [5.41, 5.74) is 4.82. The van der Waals surface area contributed by atoms with E-state index >= 15 is 0 Å². The number of ether oxygens (including phenoxy) is 2. The minimum absolute atomic E-state index is 0.0610. The van der Waals surface area contributed by atoms with E-state index in [1.54, 1.807) is 0 Å².